The Balaban J connectivity index is 1.84. The maximum absolute atomic E-state index is 6.08. The van der Waals surface area contributed by atoms with E-state index in [4.69, 9.17) is 17.3 Å². The first-order chi connectivity index (χ1) is 7.75. The summed E-state index contributed by atoms with van der Waals surface area (Å²) in [6, 6.07) is 8.78. The fourth-order valence-electron chi connectivity index (χ4n) is 2.26. The van der Waals surface area contributed by atoms with E-state index in [1.807, 2.05) is 12.1 Å². The first-order valence-corrected chi connectivity index (χ1v) is 6.37. The third-order valence-corrected chi connectivity index (χ3v) is 3.55. The van der Waals surface area contributed by atoms with Gasteiger partial charge in [-0.05, 0) is 30.5 Å². The number of rotatable bonds is 3. The highest BCUT2D eigenvalue weighted by Crippen LogP contribution is 2.17. The second kappa shape index (κ2) is 5.67. The lowest BCUT2D eigenvalue weighted by Gasteiger charge is -2.29. The van der Waals surface area contributed by atoms with Crippen molar-refractivity contribution in [3.05, 3.63) is 34.9 Å². The normalized spacial score (nSPS) is 25.6. The second-order valence-corrected chi connectivity index (χ2v) is 5.00. The van der Waals surface area contributed by atoms with E-state index in [2.05, 4.69) is 17.4 Å². The van der Waals surface area contributed by atoms with Crippen LogP contribution in [-0.2, 0) is 6.54 Å². The van der Waals surface area contributed by atoms with Gasteiger partial charge in [0.15, 0.2) is 0 Å². The molecule has 0 bridgehead atoms. The van der Waals surface area contributed by atoms with Crippen LogP contribution in [0.3, 0.4) is 0 Å². The molecule has 1 aromatic rings. The van der Waals surface area contributed by atoms with Crippen LogP contribution in [0, 0.1) is 0 Å². The fourth-order valence-corrected chi connectivity index (χ4v) is 2.39. The molecule has 0 aliphatic heterocycles. The number of nitrogens with two attached hydrogens (primary N) is 1. The molecule has 0 spiro atoms. The van der Waals surface area contributed by atoms with Gasteiger partial charge < -0.3 is 11.1 Å². The van der Waals surface area contributed by atoms with Gasteiger partial charge in [-0.2, -0.15) is 0 Å². The molecule has 0 amide bonds. The van der Waals surface area contributed by atoms with E-state index in [9.17, 15) is 0 Å². The highest BCUT2D eigenvalue weighted by molar-refractivity contribution is 6.30. The number of hydrogen-bond acceptors (Lipinski definition) is 2. The predicted octanol–water partition coefficient (Wildman–Crippen LogP) is 2.70. The van der Waals surface area contributed by atoms with Crippen molar-refractivity contribution in [2.75, 3.05) is 0 Å². The van der Waals surface area contributed by atoms with Gasteiger partial charge >= 0.3 is 0 Å². The van der Waals surface area contributed by atoms with Gasteiger partial charge in [0.25, 0.3) is 0 Å². The monoisotopic (exact) mass is 238 g/mol. The van der Waals surface area contributed by atoms with E-state index in [1.165, 1.54) is 24.8 Å². The highest BCUT2D eigenvalue weighted by Gasteiger charge is 2.20. The van der Waals surface area contributed by atoms with Crippen LogP contribution in [0.5, 0.6) is 0 Å². The summed E-state index contributed by atoms with van der Waals surface area (Å²) in [4.78, 5) is 0. The Hall–Kier alpha value is -0.570. The highest BCUT2D eigenvalue weighted by atomic mass is 35.5. The SMILES string of the molecule is N[C@H]1CCCC[C@H]1NCc1ccc(Cl)cc1. The minimum atomic E-state index is 0.320. The summed E-state index contributed by atoms with van der Waals surface area (Å²) < 4.78 is 0. The third-order valence-electron chi connectivity index (χ3n) is 3.30. The Morgan fingerprint density at radius 1 is 1.19 bits per heavy atom. The summed E-state index contributed by atoms with van der Waals surface area (Å²) >= 11 is 5.84. The third kappa shape index (κ3) is 3.21. The van der Waals surface area contributed by atoms with Crippen molar-refractivity contribution in [2.45, 2.75) is 44.3 Å². The zero-order valence-electron chi connectivity index (χ0n) is 9.45. The van der Waals surface area contributed by atoms with E-state index >= 15 is 0 Å². The van der Waals surface area contributed by atoms with Gasteiger partial charge in [0.1, 0.15) is 0 Å². The lowest BCUT2D eigenvalue weighted by molar-refractivity contribution is 0.326. The molecule has 0 radical (unpaired) electrons. The minimum absolute atomic E-state index is 0.320. The van der Waals surface area contributed by atoms with Crippen LogP contribution in [0.25, 0.3) is 0 Å². The minimum Gasteiger partial charge on any atom is -0.326 e. The molecule has 88 valence electrons. The predicted molar refractivity (Wildman–Crippen MR) is 68.5 cm³/mol. The van der Waals surface area contributed by atoms with Gasteiger partial charge in [0, 0.05) is 23.7 Å². The van der Waals surface area contributed by atoms with Crippen LogP contribution in [-0.4, -0.2) is 12.1 Å². The van der Waals surface area contributed by atoms with Crippen molar-refractivity contribution >= 4 is 11.6 Å². The van der Waals surface area contributed by atoms with Crippen LogP contribution in [0.1, 0.15) is 31.2 Å². The van der Waals surface area contributed by atoms with Gasteiger partial charge in [-0.1, -0.05) is 36.6 Å². The van der Waals surface area contributed by atoms with Crippen LogP contribution in [0.2, 0.25) is 5.02 Å². The topological polar surface area (TPSA) is 38.0 Å². The smallest absolute Gasteiger partial charge is 0.0406 e. The van der Waals surface area contributed by atoms with E-state index in [0.29, 0.717) is 12.1 Å². The molecule has 0 unspecified atom stereocenters. The molecule has 1 aliphatic carbocycles. The Bertz CT molecular complexity index is 323. The van der Waals surface area contributed by atoms with Crippen LogP contribution >= 0.6 is 11.6 Å². The maximum atomic E-state index is 6.08. The molecule has 2 rings (SSSR count). The Morgan fingerprint density at radius 2 is 1.88 bits per heavy atom. The molecule has 1 saturated carbocycles. The maximum Gasteiger partial charge on any atom is 0.0406 e. The first-order valence-electron chi connectivity index (χ1n) is 5.99. The summed E-state index contributed by atoms with van der Waals surface area (Å²) in [6.45, 7) is 0.884. The first kappa shape index (κ1) is 11.9. The van der Waals surface area contributed by atoms with Crippen molar-refractivity contribution < 1.29 is 0 Å². The van der Waals surface area contributed by atoms with Crippen molar-refractivity contribution in [1.82, 2.24) is 5.32 Å². The number of nitrogens with one attached hydrogen (secondary N) is 1. The summed E-state index contributed by atoms with van der Waals surface area (Å²) in [6.07, 6.45) is 4.93. The number of hydrogen-bond donors (Lipinski definition) is 2. The number of benzene rings is 1. The molecule has 3 heteroatoms. The van der Waals surface area contributed by atoms with Crippen molar-refractivity contribution in [2.24, 2.45) is 5.73 Å². The molecule has 2 atom stereocenters. The Labute approximate surface area is 102 Å². The zero-order chi connectivity index (χ0) is 11.4. The van der Waals surface area contributed by atoms with E-state index < -0.39 is 0 Å². The van der Waals surface area contributed by atoms with Crippen molar-refractivity contribution in [3.63, 3.8) is 0 Å². The van der Waals surface area contributed by atoms with Gasteiger partial charge in [-0.3, -0.25) is 0 Å². The molecule has 0 aromatic heterocycles. The molecular weight excluding hydrogens is 220 g/mol. The van der Waals surface area contributed by atoms with Crippen LogP contribution in [0.4, 0.5) is 0 Å². The molecule has 1 aliphatic rings. The van der Waals surface area contributed by atoms with Gasteiger partial charge in [-0.25, -0.2) is 0 Å². The van der Waals surface area contributed by atoms with E-state index in [-0.39, 0.29) is 0 Å². The van der Waals surface area contributed by atoms with E-state index in [1.54, 1.807) is 0 Å². The van der Waals surface area contributed by atoms with E-state index in [0.717, 1.165) is 18.0 Å². The van der Waals surface area contributed by atoms with Crippen molar-refractivity contribution in [3.8, 4) is 0 Å². The summed E-state index contributed by atoms with van der Waals surface area (Å²) in [7, 11) is 0. The van der Waals surface area contributed by atoms with Gasteiger partial charge in [0.05, 0.1) is 0 Å². The average molecular weight is 239 g/mol. The molecule has 0 saturated heterocycles. The average Bonchev–Trinajstić information content (AvgIpc) is 2.30. The Kier molecular flexibility index (Phi) is 4.22. The number of halogens is 1. The van der Waals surface area contributed by atoms with Crippen molar-refractivity contribution in [1.29, 1.82) is 0 Å². The lowest BCUT2D eigenvalue weighted by atomic mass is 9.91. The summed E-state index contributed by atoms with van der Waals surface area (Å²) in [5.41, 5.74) is 7.35. The van der Waals surface area contributed by atoms with Gasteiger partial charge in [0.2, 0.25) is 0 Å². The molecule has 0 heterocycles. The van der Waals surface area contributed by atoms with Crippen LogP contribution in [0.15, 0.2) is 24.3 Å². The second-order valence-electron chi connectivity index (χ2n) is 4.56. The molecule has 2 nitrogen and oxygen atoms in total. The van der Waals surface area contributed by atoms with Crippen LogP contribution < -0.4 is 11.1 Å². The molecule has 1 aromatic carbocycles. The lowest BCUT2D eigenvalue weighted by Crippen LogP contribution is -2.46. The summed E-state index contributed by atoms with van der Waals surface area (Å²) in [5, 5.41) is 4.33. The molecule has 16 heavy (non-hydrogen) atoms. The molecule has 3 N–H and O–H groups in total. The fraction of sp³-hybridized carbons (Fsp3) is 0.538. The quantitative estimate of drug-likeness (QED) is 0.850. The van der Waals surface area contributed by atoms with Gasteiger partial charge in [-0.15, -0.1) is 0 Å². The molecular formula is C13H19ClN2. The summed E-state index contributed by atoms with van der Waals surface area (Å²) in [5.74, 6) is 0. The largest absolute Gasteiger partial charge is 0.326 e. The molecule has 1 fully saturated rings. The standard InChI is InChI=1S/C13H19ClN2/c14-11-7-5-10(6-8-11)9-16-13-4-2-1-3-12(13)15/h5-8,12-13,16H,1-4,9,15H2/t12-,13+/m0/s1. The Morgan fingerprint density at radius 3 is 2.56 bits per heavy atom. The zero-order valence-corrected chi connectivity index (χ0v) is 10.2.